The highest BCUT2D eigenvalue weighted by Crippen LogP contribution is 2.29. The van der Waals surface area contributed by atoms with Gasteiger partial charge >= 0.3 is 6.16 Å². The van der Waals surface area contributed by atoms with Crippen LogP contribution in [0.3, 0.4) is 0 Å². The summed E-state index contributed by atoms with van der Waals surface area (Å²) in [6.45, 7) is 8.40. The number of anilines is 1. The Bertz CT molecular complexity index is 850. The van der Waals surface area contributed by atoms with E-state index in [1.807, 2.05) is 13.0 Å². The zero-order chi connectivity index (χ0) is 20.3. The zero-order valence-electron chi connectivity index (χ0n) is 16.5. The van der Waals surface area contributed by atoms with Gasteiger partial charge in [-0.25, -0.2) is 4.79 Å². The molecule has 1 atom stereocenters. The fourth-order valence-electron chi connectivity index (χ4n) is 3.61. The number of carboxylic acid groups (broad SMARTS) is 1. The van der Waals surface area contributed by atoms with Gasteiger partial charge in [-0.3, -0.25) is 4.90 Å². The van der Waals surface area contributed by atoms with E-state index in [4.69, 9.17) is 21.4 Å². The van der Waals surface area contributed by atoms with Crippen LogP contribution in [0.15, 0.2) is 36.4 Å². The lowest BCUT2D eigenvalue weighted by Crippen LogP contribution is -2.52. The highest BCUT2D eigenvalue weighted by molar-refractivity contribution is 6.31. The molecule has 6 heteroatoms. The first-order chi connectivity index (χ1) is 13.4. The van der Waals surface area contributed by atoms with Gasteiger partial charge in [-0.2, -0.15) is 0 Å². The van der Waals surface area contributed by atoms with Crippen LogP contribution in [0.4, 0.5) is 10.5 Å². The summed E-state index contributed by atoms with van der Waals surface area (Å²) in [6, 6.07) is 12.7. The topological polar surface area (TPSA) is 61.8 Å². The van der Waals surface area contributed by atoms with E-state index in [1.54, 1.807) is 0 Å². The molecule has 1 aliphatic rings. The van der Waals surface area contributed by atoms with Gasteiger partial charge in [0, 0.05) is 30.3 Å². The van der Waals surface area contributed by atoms with Crippen molar-refractivity contribution in [1.29, 1.82) is 0 Å². The Morgan fingerprint density at radius 2 is 2.07 bits per heavy atom. The maximum absolute atomic E-state index is 10.6. The van der Waals surface area contributed by atoms with Crippen molar-refractivity contribution in [3.8, 4) is 0 Å². The number of rotatable bonds is 7. The maximum atomic E-state index is 10.6. The predicted molar refractivity (Wildman–Crippen MR) is 112 cm³/mol. The second kappa shape index (κ2) is 8.84. The summed E-state index contributed by atoms with van der Waals surface area (Å²) in [6.07, 6.45) is -0.447. The Kier molecular flexibility index (Phi) is 6.47. The Morgan fingerprint density at radius 1 is 1.32 bits per heavy atom. The normalized spacial score (nSPS) is 15.7. The lowest BCUT2D eigenvalue weighted by Gasteiger charge is -2.38. The SMILES string of the molecule is CCC(Nc1cccc(CN2CC(OC(=O)O)C2)c1C)c1ccc(Cl)c(C)c1. The first kappa shape index (κ1) is 20.5. The summed E-state index contributed by atoms with van der Waals surface area (Å²) >= 11 is 6.17. The van der Waals surface area contributed by atoms with Gasteiger partial charge in [-0.05, 0) is 54.7 Å². The van der Waals surface area contributed by atoms with Crippen LogP contribution in [0.2, 0.25) is 5.02 Å². The van der Waals surface area contributed by atoms with Crippen molar-refractivity contribution in [3.63, 3.8) is 0 Å². The van der Waals surface area contributed by atoms with Crippen LogP contribution in [-0.2, 0) is 11.3 Å². The van der Waals surface area contributed by atoms with Gasteiger partial charge in [0.25, 0.3) is 0 Å². The van der Waals surface area contributed by atoms with Gasteiger partial charge in [0.15, 0.2) is 0 Å². The van der Waals surface area contributed by atoms with Crippen LogP contribution in [-0.4, -0.2) is 35.4 Å². The summed E-state index contributed by atoms with van der Waals surface area (Å²) in [5.74, 6) is 0. The zero-order valence-corrected chi connectivity index (χ0v) is 17.3. The van der Waals surface area contributed by atoms with E-state index < -0.39 is 6.16 Å². The molecule has 3 rings (SSSR count). The van der Waals surface area contributed by atoms with E-state index >= 15 is 0 Å². The molecule has 1 unspecified atom stereocenters. The first-order valence-corrected chi connectivity index (χ1v) is 9.98. The van der Waals surface area contributed by atoms with Crippen molar-refractivity contribution in [3.05, 3.63) is 63.7 Å². The minimum Gasteiger partial charge on any atom is -0.450 e. The number of aryl methyl sites for hydroxylation is 1. The molecule has 2 aromatic carbocycles. The van der Waals surface area contributed by atoms with Gasteiger partial charge in [-0.15, -0.1) is 0 Å². The molecule has 0 aliphatic carbocycles. The second-order valence-corrected chi connectivity index (χ2v) is 7.81. The molecule has 1 heterocycles. The quantitative estimate of drug-likeness (QED) is 0.607. The van der Waals surface area contributed by atoms with E-state index in [9.17, 15) is 4.79 Å². The van der Waals surface area contributed by atoms with Gasteiger partial charge in [0.2, 0.25) is 0 Å². The number of halogens is 1. The number of likely N-dealkylation sites (tertiary alicyclic amines) is 1. The number of hydrogen-bond donors (Lipinski definition) is 2. The van der Waals surface area contributed by atoms with Crippen molar-refractivity contribution < 1.29 is 14.6 Å². The van der Waals surface area contributed by atoms with Gasteiger partial charge in [0.1, 0.15) is 6.10 Å². The number of nitrogens with one attached hydrogen (secondary N) is 1. The molecule has 5 nitrogen and oxygen atoms in total. The third kappa shape index (κ3) is 4.78. The summed E-state index contributed by atoms with van der Waals surface area (Å²) in [5, 5.41) is 13.2. The molecule has 150 valence electrons. The predicted octanol–water partition coefficient (Wildman–Crippen LogP) is 5.40. The van der Waals surface area contributed by atoms with Crippen LogP contribution in [0, 0.1) is 13.8 Å². The molecule has 1 saturated heterocycles. The van der Waals surface area contributed by atoms with Crippen LogP contribution < -0.4 is 5.32 Å². The van der Waals surface area contributed by atoms with E-state index in [2.05, 4.69) is 54.4 Å². The average molecular weight is 403 g/mol. The minimum atomic E-state index is -1.20. The van der Waals surface area contributed by atoms with Crippen molar-refractivity contribution in [1.82, 2.24) is 4.90 Å². The van der Waals surface area contributed by atoms with E-state index in [0.717, 1.165) is 29.2 Å². The number of ether oxygens (including phenoxy) is 1. The van der Waals surface area contributed by atoms with E-state index in [1.165, 1.54) is 16.7 Å². The fourth-order valence-corrected chi connectivity index (χ4v) is 3.73. The van der Waals surface area contributed by atoms with Crippen LogP contribution in [0.5, 0.6) is 0 Å². The van der Waals surface area contributed by atoms with Crippen molar-refractivity contribution in [2.45, 2.75) is 45.9 Å². The largest absolute Gasteiger partial charge is 0.506 e. The smallest absolute Gasteiger partial charge is 0.450 e. The lowest BCUT2D eigenvalue weighted by atomic mass is 9.99. The molecule has 0 spiro atoms. The van der Waals surface area contributed by atoms with Crippen LogP contribution in [0.1, 0.15) is 41.6 Å². The standard InChI is InChI=1S/C22H27ClN2O3/c1-4-20(16-8-9-19(23)14(2)10-16)24-21-7-5-6-17(15(21)3)11-25-12-18(13-25)28-22(26)27/h5-10,18,20,24H,4,11-13H2,1-3H3,(H,26,27). The summed E-state index contributed by atoms with van der Waals surface area (Å²) in [7, 11) is 0. The minimum absolute atomic E-state index is 0.210. The highest BCUT2D eigenvalue weighted by Gasteiger charge is 2.30. The van der Waals surface area contributed by atoms with Gasteiger partial charge < -0.3 is 15.2 Å². The third-order valence-electron chi connectivity index (χ3n) is 5.35. The fraction of sp³-hybridized carbons (Fsp3) is 0.409. The summed E-state index contributed by atoms with van der Waals surface area (Å²) in [4.78, 5) is 12.8. The Labute approximate surface area is 171 Å². The number of hydrogen-bond acceptors (Lipinski definition) is 4. The van der Waals surface area contributed by atoms with E-state index in [0.29, 0.717) is 13.1 Å². The van der Waals surface area contributed by atoms with Crippen molar-refractivity contribution >= 4 is 23.4 Å². The molecule has 2 N–H and O–H groups in total. The van der Waals surface area contributed by atoms with Gasteiger partial charge in [0.05, 0.1) is 6.04 Å². The molecule has 0 amide bonds. The first-order valence-electron chi connectivity index (χ1n) is 9.60. The molecule has 0 aromatic heterocycles. The molecule has 1 fully saturated rings. The number of carbonyl (C=O) groups is 1. The number of benzene rings is 2. The summed E-state index contributed by atoms with van der Waals surface area (Å²) in [5.41, 5.74) is 5.89. The average Bonchev–Trinajstić information content (AvgIpc) is 2.62. The Hall–Kier alpha value is -2.24. The molecular weight excluding hydrogens is 376 g/mol. The van der Waals surface area contributed by atoms with E-state index in [-0.39, 0.29) is 12.1 Å². The lowest BCUT2D eigenvalue weighted by molar-refractivity contribution is -0.0363. The van der Waals surface area contributed by atoms with Crippen LogP contribution in [0.25, 0.3) is 0 Å². The molecule has 28 heavy (non-hydrogen) atoms. The molecule has 1 aliphatic heterocycles. The molecule has 2 aromatic rings. The van der Waals surface area contributed by atoms with Crippen molar-refractivity contribution in [2.75, 3.05) is 18.4 Å². The highest BCUT2D eigenvalue weighted by atomic mass is 35.5. The Morgan fingerprint density at radius 3 is 2.71 bits per heavy atom. The second-order valence-electron chi connectivity index (χ2n) is 7.40. The monoisotopic (exact) mass is 402 g/mol. The Balaban J connectivity index is 1.68. The maximum Gasteiger partial charge on any atom is 0.506 e. The van der Waals surface area contributed by atoms with Crippen molar-refractivity contribution in [2.24, 2.45) is 0 Å². The van der Waals surface area contributed by atoms with Crippen LogP contribution >= 0.6 is 11.6 Å². The molecular formula is C22H27ClN2O3. The number of nitrogens with zero attached hydrogens (tertiary/aromatic N) is 1. The third-order valence-corrected chi connectivity index (χ3v) is 5.78. The molecule has 0 saturated carbocycles. The van der Waals surface area contributed by atoms with Gasteiger partial charge in [-0.1, -0.05) is 42.8 Å². The summed E-state index contributed by atoms with van der Waals surface area (Å²) < 4.78 is 4.80. The molecule has 0 radical (unpaired) electrons. The molecule has 0 bridgehead atoms.